The van der Waals surface area contributed by atoms with E-state index in [-0.39, 0.29) is 18.3 Å². The van der Waals surface area contributed by atoms with E-state index in [1.807, 2.05) is 35.9 Å². The van der Waals surface area contributed by atoms with E-state index in [9.17, 15) is 4.79 Å². The van der Waals surface area contributed by atoms with Crippen LogP contribution in [0.15, 0.2) is 56.0 Å². The Bertz CT molecular complexity index is 887. The summed E-state index contributed by atoms with van der Waals surface area (Å²) < 4.78 is 14.9. The van der Waals surface area contributed by atoms with Gasteiger partial charge in [-0.25, -0.2) is 0 Å². The van der Waals surface area contributed by atoms with Crippen LogP contribution in [0.25, 0.3) is 0 Å². The third kappa shape index (κ3) is 4.56. The van der Waals surface area contributed by atoms with Gasteiger partial charge in [-0.05, 0) is 59.3 Å². The van der Waals surface area contributed by atoms with Gasteiger partial charge in [0.15, 0.2) is 5.76 Å². The van der Waals surface area contributed by atoms with Crippen molar-refractivity contribution in [1.82, 2.24) is 15.1 Å². The summed E-state index contributed by atoms with van der Waals surface area (Å²) in [5.41, 5.74) is 0.909. The number of benzene rings is 1. The molecule has 136 valence electrons. The van der Waals surface area contributed by atoms with E-state index in [1.165, 1.54) is 0 Å². The molecule has 0 fully saturated rings. The zero-order chi connectivity index (χ0) is 18.5. The summed E-state index contributed by atoms with van der Waals surface area (Å²) >= 11 is 6.81. The minimum atomic E-state index is -0.282. The molecule has 0 aliphatic carbocycles. The normalized spacial score (nSPS) is 10.7. The number of carbonyl (C=O) groups excluding carboxylic acids is 1. The molecule has 2 heterocycles. The molecule has 0 unspecified atom stereocenters. The van der Waals surface area contributed by atoms with Crippen LogP contribution in [-0.2, 0) is 19.7 Å². The number of ether oxygens (including phenoxy) is 1. The van der Waals surface area contributed by atoms with E-state index < -0.39 is 0 Å². The number of furan rings is 1. The second-order valence-electron chi connectivity index (χ2n) is 5.45. The first kappa shape index (κ1) is 18.7. The molecule has 1 aromatic carbocycles. The number of amides is 1. The van der Waals surface area contributed by atoms with Crippen molar-refractivity contribution < 1.29 is 13.9 Å². The highest BCUT2D eigenvalue weighted by Crippen LogP contribution is 2.19. The van der Waals surface area contributed by atoms with Gasteiger partial charge < -0.3 is 14.5 Å². The largest absolute Gasteiger partial charge is 0.486 e. The maximum absolute atomic E-state index is 12.3. The number of aromatic nitrogens is 2. The highest BCUT2D eigenvalue weighted by molar-refractivity contribution is 9.10. The average molecular weight is 483 g/mol. The molecule has 0 aliphatic heterocycles. The van der Waals surface area contributed by atoms with Crippen molar-refractivity contribution in [1.29, 1.82) is 0 Å². The lowest BCUT2D eigenvalue weighted by Crippen LogP contribution is -2.24. The van der Waals surface area contributed by atoms with Crippen molar-refractivity contribution in [3.63, 3.8) is 0 Å². The number of hydrogen-bond donors (Lipinski definition) is 1. The van der Waals surface area contributed by atoms with E-state index >= 15 is 0 Å². The first-order chi connectivity index (χ1) is 12.6. The molecular weight excluding hydrogens is 466 g/mol. The maximum Gasteiger partial charge on any atom is 0.287 e. The summed E-state index contributed by atoms with van der Waals surface area (Å²) in [6.45, 7) is 3.34. The van der Waals surface area contributed by atoms with E-state index in [0.717, 1.165) is 26.9 Å². The van der Waals surface area contributed by atoms with Crippen LogP contribution in [0.1, 0.15) is 28.9 Å². The predicted molar refractivity (Wildman–Crippen MR) is 104 cm³/mol. The lowest BCUT2D eigenvalue weighted by molar-refractivity contribution is 0.0918. The zero-order valence-electron chi connectivity index (χ0n) is 14.0. The molecule has 0 aliphatic rings. The van der Waals surface area contributed by atoms with Crippen LogP contribution >= 0.6 is 31.9 Å². The van der Waals surface area contributed by atoms with Crippen molar-refractivity contribution in [2.75, 3.05) is 0 Å². The van der Waals surface area contributed by atoms with Crippen LogP contribution in [0.2, 0.25) is 0 Å². The van der Waals surface area contributed by atoms with Gasteiger partial charge in [-0.1, -0.05) is 15.9 Å². The fourth-order valence-electron chi connectivity index (χ4n) is 2.35. The lowest BCUT2D eigenvalue weighted by atomic mass is 10.3. The Balaban J connectivity index is 1.55. The molecule has 2 aromatic heterocycles. The van der Waals surface area contributed by atoms with E-state index in [4.69, 9.17) is 9.15 Å². The fraction of sp³-hybridized carbons (Fsp3) is 0.222. The van der Waals surface area contributed by atoms with Crippen molar-refractivity contribution in [2.45, 2.75) is 26.6 Å². The first-order valence-electron chi connectivity index (χ1n) is 8.02. The van der Waals surface area contributed by atoms with Gasteiger partial charge in [0.25, 0.3) is 5.91 Å². The van der Waals surface area contributed by atoms with E-state index in [2.05, 4.69) is 42.3 Å². The molecule has 1 amide bonds. The molecule has 8 heteroatoms. The summed E-state index contributed by atoms with van der Waals surface area (Å²) in [5, 5.41) is 7.06. The standard InChI is InChI=1S/C18H17Br2N3O3/c1-2-23-16(15(20)9-22-23)10-21-18(24)17-8-7-14(26-17)11-25-13-5-3-12(19)4-6-13/h3-9H,2,10-11H2,1H3,(H,21,24). The van der Waals surface area contributed by atoms with Gasteiger partial charge in [-0.3, -0.25) is 9.48 Å². The minimum absolute atomic E-state index is 0.248. The van der Waals surface area contributed by atoms with Crippen LogP contribution in [0.3, 0.4) is 0 Å². The molecule has 0 bridgehead atoms. The van der Waals surface area contributed by atoms with Gasteiger partial charge in [0.2, 0.25) is 0 Å². The molecule has 0 spiro atoms. The van der Waals surface area contributed by atoms with Crippen molar-refractivity contribution in [3.8, 4) is 5.75 Å². The highest BCUT2D eigenvalue weighted by atomic mass is 79.9. The topological polar surface area (TPSA) is 69.3 Å². The maximum atomic E-state index is 12.3. The van der Waals surface area contributed by atoms with Gasteiger partial charge in [0.05, 0.1) is 22.9 Å². The quantitative estimate of drug-likeness (QED) is 0.537. The number of nitrogens with zero attached hydrogens (tertiary/aromatic N) is 2. The zero-order valence-corrected chi connectivity index (χ0v) is 17.2. The molecule has 3 rings (SSSR count). The monoisotopic (exact) mass is 481 g/mol. The van der Waals surface area contributed by atoms with Gasteiger partial charge in [0, 0.05) is 11.0 Å². The molecule has 3 aromatic rings. The smallest absolute Gasteiger partial charge is 0.287 e. The third-order valence-electron chi connectivity index (χ3n) is 3.69. The van der Waals surface area contributed by atoms with Crippen LogP contribution in [-0.4, -0.2) is 15.7 Å². The Labute approximate surface area is 167 Å². The van der Waals surface area contributed by atoms with Crippen LogP contribution in [0, 0.1) is 0 Å². The lowest BCUT2D eigenvalue weighted by Gasteiger charge is -2.07. The van der Waals surface area contributed by atoms with Crippen LogP contribution in [0.4, 0.5) is 0 Å². The number of aryl methyl sites for hydroxylation is 1. The number of rotatable bonds is 7. The Kier molecular flexibility index (Phi) is 6.16. The predicted octanol–water partition coefficient (Wildman–Crippen LogP) is 4.53. The summed E-state index contributed by atoms with van der Waals surface area (Å²) in [5.74, 6) is 1.28. The van der Waals surface area contributed by atoms with Crippen molar-refractivity contribution >= 4 is 37.8 Å². The molecule has 1 N–H and O–H groups in total. The van der Waals surface area contributed by atoms with Gasteiger partial charge in [-0.15, -0.1) is 0 Å². The van der Waals surface area contributed by atoms with Crippen LogP contribution < -0.4 is 10.1 Å². The van der Waals surface area contributed by atoms with Gasteiger partial charge in [-0.2, -0.15) is 5.10 Å². The summed E-state index contributed by atoms with van der Waals surface area (Å²) in [4.78, 5) is 12.3. The second kappa shape index (κ2) is 8.55. The number of hydrogen-bond acceptors (Lipinski definition) is 4. The van der Waals surface area contributed by atoms with Crippen molar-refractivity contribution in [3.05, 3.63) is 68.8 Å². The Morgan fingerprint density at radius 1 is 1.23 bits per heavy atom. The SMILES string of the molecule is CCn1ncc(Br)c1CNC(=O)c1ccc(COc2ccc(Br)cc2)o1. The summed E-state index contributed by atoms with van der Waals surface area (Å²) in [6.07, 6.45) is 1.72. The number of carbonyl (C=O) groups is 1. The molecular formula is C18H17Br2N3O3. The highest BCUT2D eigenvalue weighted by Gasteiger charge is 2.14. The van der Waals surface area contributed by atoms with E-state index in [0.29, 0.717) is 12.3 Å². The number of halogens is 2. The molecule has 0 radical (unpaired) electrons. The third-order valence-corrected chi connectivity index (χ3v) is 4.88. The Morgan fingerprint density at radius 3 is 2.73 bits per heavy atom. The fourth-order valence-corrected chi connectivity index (χ4v) is 3.05. The van der Waals surface area contributed by atoms with Gasteiger partial charge in [0.1, 0.15) is 18.1 Å². The minimum Gasteiger partial charge on any atom is -0.486 e. The molecule has 6 nitrogen and oxygen atoms in total. The first-order valence-corrected chi connectivity index (χ1v) is 9.61. The molecule has 0 saturated carbocycles. The van der Waals surface area contributed by atoms with Crippen LogP contribution in [0.5, 0.6) is 5.75 Å². The molecule has 0 saturated heterocycles. The molecule has 0 atom stereocenters. The average Bonchev–Trinajstić information content (AvgIpc) is 3.26. The van der Waals surface area contributed by atoms with Gasteiger partial charge >= 0.3 is 0 Å². The van der Waals surface area contributed by atoms with Crippen molar-refractivity contribution in [2.24, 2.45) is 0 Å². The Hall–Kier alpha value is -2.06. The number of nitrogens with one attached hydrogen (secondary N) is 1. The summed E-state index contributed by atoms with van der Waals surface area (Å²) in [6, 6.07) is 10.9. The summed E-state index contributed by atoms with van der Waals surface area (Å²) in [7, 11) is 0. The second-order valence-corrected chi connectivity index (χ2v) is 7.22. The van der Waals surface area contributed by atoms with E-state index in [1.54, 1.807) is 18.3 Å². The molecule has 26 heavy (non-hydrogen) atoms. The Morgan fingerprint density at radius 2 is 2.00 bits per heavy atom.